The highest BCUT2D eigenvalue weighted by molar-refractivity contribution is 7.89. The van der Waals surface area contributed by atoms with Gasteiger partial charge in [0.2, 0.25) is 10.0 Å². The van der Waals surface area contributed by atoms with Gasteiger partial charge < -0.3 is 5.32 Å². The molecule has 1 atom stereocenters. The molecule has 8 nitrogen and oxygen atoms in total. The first-order chi connectivity index (χ1) is 14.9. The molecular weight excluding hydrogens is 412 g/mol. The molecule has 4 heterocycles. The smallest absolute Gasteiger partial charge is 0.247 e. The number of hydrogen-bond acceptors (Lipinski definition) is 6. The van der Waals surface area contributed by atoms with E-state index < -0.39 is 10.0 Å². The molecule has 0 unspecified atom stereocenters. The van der Waals surface area contributed by atoms with Crippen molar-refractivity contribution in [1.29, 1.82) is 0 Å². The van der Waals surface area contributed by atoms with Gasteiger partial charge in [0.05, 0.1) is 17.4 Å². The van der Waals surface area contributed by atoms with Gasteiger partial charge in [-0.25, -0.2) is 18.4 Å². The van der Waals surface area contributed by atoms with Crippen LogP contribution in [-0.4, -0.2) is 39.0 Å². The monoisotopic (exact) mass is 440 g/mol. The number of anilines is 2. The van der Waals surface area contributed by atoms with Crippen LogP contribution in [0.2, 0.25) is 0 Å². The van der Waals surface area contributed by atoms with Gasteiger partial charge in [-0.1, -0.05) is 19.1 Å². The summed E-state index contributed by atoms with van der Waals surface area (Å²) in [4.78, 5) is 9.45. The highest BCUT2D eigenvalue weighted by Gasteiger charge is 2.38. The third-order valence-electron chi connectivity index (χ3n) is 5.40. The fourth-order valence-electron chi connectivity index (χ4n) is 4.00. The quantitative estimate of drug-likeness (QED) is 0.598. The summed E-state index contributed by atoms with van der Waals surface area (Å²) >= 11 is 0. The predicted octanol–water partition coefficient (Wildman–Crippen LogP) is 3.97. The first-order valence-corrected chi connectivity index (χ1v) is 12.1. The Hall–Kier alpha value is -2.78. The van der Waals surface area contributed by atoms with E-state index in [2.05, 4.69) is 15.4 Å². The number of nitrogens with zero attached hydrogens (tertiary/aromatic N) is 5. The maximum atomic E-state index is 13.5. The number of hydrogen-bond donors (Lipinski definition) is 1. The van der Waals surface area contributed by atoms with Crippen molar-refractivity contribution in [3.63, 3.8) is 0 Å². The molecule has 1 N–H and O–H groups in total. The van der Waals surface area contributed by atoms with Crippen molar-refractivity contribution >= 4 is 21.7 Å². The van der Waals surface area contributed by atoms with Crippen LogP contribution in [0.1, 0.15) is 49.3 Å². The standard InChI is InChI=1S/C22H28N6O2S/c1-4-13-27-15-20(17(3)26-27)31(29,30)28-14-7-10-19(28)18-9-6-12-22(24-18)25-21-11-5-8-16(2)23-21/h5-6,8-9,11-12,15,19H,4,7,10,13-14H2,1-3H3,(H,23,24,25)/t19-/m1/s1. The van der Waals surface area contributed by atoms with Gasteiger partial charge >= 0.3 is 0 Å². The minimum absolute atomic E-state index is 0.283. The molecule has 0 bridgehead atoms. The maximum Gasteiger partial charge on any atom is 0.247 e. The zero-order valence-electron chi connectivity index (χ0n) is 18.1. The van der Waals surface area contributed by atoms with E-state index in [9.17, 15) is 8.42 Å². The summed E-state index contributed by atoms with van der Waals surface area (Å²) in [6.45, 7) is 6.90. The third kappa shape index (κ3) is 4.47. The second-order valence-corrected chi connectivity index (χ2v) is 9.71. The molecule has 0 amide bonds. The summed E-state index contributed by atoms with van der Waals surface area (Å²) in [6, 6.07) is 11.1. The molecule has 0 saturated carbocycles. The summed E-state index contributed by atoms with van der Waals surface area (Å²) < 4.78 is 30.3. The Bertz CT molecular complexity index is 1170. The number of aromatic nitrogens is 4. The maximum absolute atomic E-state index is 13.5. The molecule has 1 saturated heterocycles. The van der Waals surface area contributed by atoms with Gasteiger partial charge in [-0.3, -0.25) is 4.68 Å². The van der Waals surface area contributed by atoms with Crippen LogP contribution in [0.15, 0.2) is 47.5 Å². The van der Waals surface area contributed by atoms with E-state index in [1.165, 1.54) is 0 Å². The Morgan fingerprint density at radius 3 is 2.58 bits per heavy atom. The second-order valence-electron chi connectivity index (χ2n) is 7.85. The molecule has 0 spiro atoms. The number of pyridine rings is 2. The van der Waals surface area contributed by atoms with Gasteiger partial charge in [-0.2, -0.15) is 9.40 Å². The lowest BCUT2D eigenvalue weighted by atomic mass is 10.1. The van der Waals surface area contributed by atoms with Crippen LogP contribution in [0.25, 0.3) is 0 Å². The van der Waals surface area contributed by atoms with E-state index in [0.29, 0.717) is 30.4 Å². The van der Waals surface area contributed by atoms with Crippen molar-refractivity contribution in [1.82, 2.24) is 24.1 Å². The number of sulfonamides is 1. The van der Waals surface area contributed by atoms with Crippen molar-refractivity contribution in [2.24, 2.45) is 0 Å². The normalized spacial score (nSPS) is 17.2. The van der Waals surface area contributed by atoms with Crippen LogP contribution in [0.5, 0.6) is 0 Å². The van der Waals surface area contributed by atoms with Crippen molar-refractivity contribution in [2.45, 2.75) is 57.5 Å². The van der Waals surface area contributed by atoms with E-state index in [1.807, 2.05) is 50.2 Å². The topological polar surface area (TPSA) is 93.0 Å². The van der Waals surface area contributed by atoms with Gasteiger partial charge in [0.15, 0.2) is 0 Å². The lowest BCUT2D eigenvalue weighted by Crippen LogP contribution is -2.31. The van der Waals surface area contributed by atoms with E-state index in [4.69, 9.17) is 4.98 Å². The molecular formula is C22H28N6O2S. The first-order valence-electron chi connectivity index (χ1n) is 10.6. The summed E-state index contributed by atoms with van der Waals surface area (Å²) in [5.74, 6) is 1.35. The van der Waals surface area contributed by atoms with Crippen LogP contribution < -0.4 is 5.32 Å². The number of aryl methyl sites for hydroxylation is 3. The first kappa shape index (κ1) is 21.5. The van der Waals surface area contributed by atoms with Gasteiger partial charge in [0, 0.05) is 25.0 Å². The molecule has 1 aliphatic rings. The molecule has 3 aromatic rings. The zero-order valence-corrected chi connectivity index (χ0v) is 18.9. The Labute approximate surface area is 183 Å². The molecule has 164 valence electrons. The van der Waals surface area contributed by atoms with Gasteiger partial charge in [0.1, 0.15) is 16.5 Å². The van der Waals surface area contributed by atoms with Crippen LogP contribution in [0.3, 0.4) is 0 Å². The molecule has 1 fully saturated rings. The van der Waals surface area contributed by atoms with Gasteiger partial charge in [0.25, 0.3) is 0 Å². The molecule has 0 aliphatic carbocycles. The predicted molar refractivity (Wildman–Crippen MR) is 120 cm³/mol. The Balaban J connectivity index is 1.61. The SMILES string of the molecule is CCCn1cc(S(=O)(=O)N2CCC[C@@H]2c2cccc(Nc3cccc(C)n3)n2)c(C)n1. The minimum atomic E-state index is -3.66. The summed E-state index contributed by atoms with van der Waals surface area (Å²) in [6.07, 6.45) is 4.08. The largest absolute Gasteiger partial charge is 0.325 e. The number of rotatable bonds is 7. The highest BCUT2D eigenvalue weighted by Crippen LogP contribution is 2.36. The summed E-state index contributed by atoms with van der Waals surface area (Å²) in [7, 11) is -3.66. The van der Waals surface area contributed by atoms with E-state index in [-0.39, 0.29) is 10.9 Å². The molecule has 31 heavy (non-hydrogen) atoms. The van der Waals surface area contributed by atoms with Crippen molar-refractivity contribution in [3.8, 4) is 0 Å². The molecule has 3 aromatic heterocycles. The average Bonchev–Trinajstić information content (AvgIpc) is 3.36. The van der Waals surface area contributed by atoms with E-state index in [1.54, 1.807) is 22.1 Å². The average molecular weight is 441 g/mol. The molecule has 0 radical (unpaired) electrons. The summed E-state index contributed by atoms with van der Waals surface area (Å²) in [5, 5.41) is 7.60. The fourth-order valence-corrected chi connectivity index (χ4v) is 5.84. The second kappa shape index (κ2) is 8.76. The van der Waals surface area contributed by atoms with Crippen LogP contribution in [0, 0.1) is 13.8 Å². The molecule has 4 rings (SSSR count). The lowest BCUT2D eigenvalue weighted by Gasteiger charge is -2.23. The van der Waals surface area contributed by atoms with E-state index in [0.717, 1.165) is 30.7 Å². The van der Waals surface area contributed by atoms with Crippen molar-refractivity contribution in [2.75, 3.05) is 11.9 Å². The van der Waals surface area contributed by atoms with Crippen molar-refractivity contribution in [3.05, 3.63) is 59.7 Å². The summed E-state index contributed by atoms with van der Waals surface area (Å²) in [5.41, 5.74) is 2.18. The Kier molecular flexibility index (Phi) is 6.06. The Morgan fingerprint density at radius 2 is 1.84 bits per heavy atom. The van der Waals surface area contributed by atoms with Crippen LogP contribution in [0.4, 0.5) is 11.6 Å². The van der Waals surface area contributed by atoms with Crippen LogP contribution in [-0.2, 0) is 16.6 Å². The van der Waals surface area contributed by atoms with Crippen LogP contribution >= 0.6 is 0 Å². The number of nitrogens with one attached hydrogen (secondary N) is 1. The van der Waals surface area contributed by atoms with Crippen molar-refractivity contribution < 1.29 is 8.42 Å². The molecule has 9 heteroatoms. The zero-order chi connectivity index (χ0) is 22.0. The highest BCUT2D eigenvalue weighted by atomic mass is 32.2. The van der Waals surface area contributed by atoms with E-state index >= 15 is 0 Å². The van der Waals surface area contributed by atoms with Gasteiger partial charge in [-0.15, -0.1) is 0 Å². The lowest BCUT2D eigenvalue weighted by molar-refractivity contribution is 0.390. The molecule has 1 aliphatic heterocycles. The molecule has 0 aromatic carbocycles. The third-order valence-corrected chi connectivity index (χ3v) is 7.41. The Morgan fingerprint density at radius 1 is 1.10 bits per heavy atom. The fraction of sp³-hybridized carbons (Fsp3) is 0.409. The van der Waals surface area contributed by atoms with Gasteiger partial charge in [-0.05, 0) is 57.4 Å². The minimum Gasteiger partial charge on any atom is -0.325 e.